The molecule has 3 heteroatoms. The SMILES string of the molecule is CC1(CNC(C)(C)c2ccc(Br)cc2)COC1. The summed E-state index contributed by atoms with van der Waals surface area (Å²) in [6, 6.07) is 8.51. The molecule has 0 aliphatic carbocycles. The van der Waals surface area contributed by atoms with Gasteiger partial charge in [0.25, 0.3) is 0 Å². The molecule has 1 aromatic rings. The highest BCUT2D eigenvalue weighted by Gasteiger charge is 2.35. The largest absolute Gasteiger partial charge is 0.380 e. The van der Waals surface area contributed by atoms with E-state index in [2.05, 4.69) is 66.3 Å². The first-order chi connectivity index (χ1) is 7.91. The number of benzene rings is 1. The van der Waals surface area contributed by atoms with Crippen molar-refractivity contribution in [1.82, 2.24) is 5.32 Å². The number of halogens is 1. The van der Waals surface area contributed by atoms with E-state index in [0.717, 1.165) is 24.2 Å². The Hall–Kier alpha value is -0.380. The summed E-state index contributed by atoms with van der Waals surface area (Å²) in [5.74, 6) is 0. The Morgan fingerprint density at radius 1 is 1.29 bits per heavy atom. The van der Waals surface area contributed by atoms with E-state index < -0.39 is 0 Å². The first kappa shape index (κ1) is 13.1. The van der Waals surface area contributed by atoms with Crippen molar-refractivity contribution < 1.29 is 4.74 Å². The Morgan fingerprint density at radius 3 is 2.35 bits per heavy atom. The number of ether oxygens (including phenoxy) is 1. The third-order valence-corrected chi connectivity index (χ3v) is 3.95. The van der Waals surface area contributed by atoms with E-state index in [0.29, 0.717) is 5.41 Å². The standard InChI is InChI=1S/C14H20BrNO/c1-13(2,11-4-6-12(15)7-5-11)16-8-14(3)9-17-10-14/h4-7,16H,8-10H2,1-3H3. The molecule has 1 N–H and O–H groups in total. The molecule has 0 radical (unpaired) electrons. The summed E-state index contributed by atoms with van der Waals surface area (Å²) in [5.41, 5.74) is 1.62. The average molecular weight is 298 g/mol. The van der Waals surface area contributed by atoms with Gasteiger partial charge in [-0.15, -0.1) is 0 Å². The van der Waals surface area contributed by atoms with Crippen molar-refractivity contribution in [3.05, 3.63) is 34.3 Å². The van der Waals surface area contributed by atoms with Crippen molar-refractivity contribution in [3.8, 4) is 0 Å². The van der Waals surface area contributed by atoms with Crippen molar-refractivity contribution in [2.24, 2.45) is 5.41 Å². The predicted octanol–water partition coefficient (Wildman–Crippen LogP) is 3.31. The first-order valence-corrected chi connectivity index (χ1v) is 6.79. The Labute approximate surface area is 112 Å². The monoisotopic (exact) mass is 297 g/mol. The molecule has 2 rings (SSSR count). The lowest BCUT2D eigenvalue weighted by atomic mass is 9.86. The lowest BCUT2D eigenvalue weighted by Gasteiger charge is -2.41. The quantitative estimate of drug-likeness (QED) is 0.921. The van der Waals surface area contributed by atoms with Gasteiger partial charge in [-0.2, -0.15) is 0 Å². The summed E-state index contributed by atoms with van der Waals surface area (Å²) in [7, 11) is 0. The minimum Gasteiger partial charge on any atom is -0.380 e. The fourth-order valence-electron chi connectivity index (χ4n) is 1.96. The van der Waals surface area contributed by atoms with Crippen LogP contribution in [0.15, 0.2) is 28.7 Å². The van der Waals surface area contributed by atoms with Crippen LogP contribution in [0.4, 0.5) is 0 Å². The molecule has 0 bridgehead atoms. The fourth-order valence-corrected chi connectivity index (χ4v) is 2.22. The van der Waals surface area contributed by atoms with Crippen LogP contribution in [-0.4, -0.2) is 19.8 Å². The van der Waals surface area contributed by atoms with E-state index >= 15 is 0 Å². The van der Waals surface area contributed by atoms with Crippen LogP contribution in [0.3, 0.4) is 0 Å². The van der Waals surface area contributed by atoms with Crippen molar-refractivity contribution in [2.45, 2.75) is 26.3 Å². The second kappa shape index (κ2) is 4.71. The summed E-state index contributed by atoms with van der Waals surface area (Å²) >= 11 is 3.47. The van der Waals surface area contributed by atoms with Gasteiger partial charge in [-0.25, -0.2) is 0 Å². The van der Waals surface area contributed by atoms with Crippen LogP contribution in [0.2, 0.25) is 0 Å². The normalized spacial score (nSPS) is 18.8. The van der Waals surface area contributed by atoms with Crippen LogP contribution in [0.1, 0.15) is 26.3 Å². The summed E-state index contributed by atoms with van der Waals surface area (Å²) in [4.78, 5) is 0. The molecule has 0 saturated carbocycles. The van der Waals surface area contributed by atoms with Crippen molar-refractivity contribution >= 4 is 15.9 Å². The molecular formula is C14H20BrNO. The maximum Gasteiger partial charge on any atom is 0.0554 e. The van der Waals surface area contributed by atoms with Crippen molar-refractivity contribution in [2.75, 3.05) is 19.8 Å². The maximum atomic E-state index is 5.28. The van der Waals surface area contributed by atoms with E-state index in [1.165, 1.54) is 5.56 Å². The summed E-state index contributed by atoms with van der Waals surface area (Å²) in [6.45, 7) is 9.45. The van der Waals surface area contributed by atoms with E-state index in [9.17, 15) is 0 Å². The number of rotatable bonds is 4. The van der Waals surface area contributed by atoms with Gasteiger partial charge in [-0.05, 0) is 31.5 Å². The second-order valence-corrected chi connectivity index (χ2v) is 6.70. The Bertz CT molecular complexity index is 382. The van der Waals surface area contributed by atoms with Gasteiger partial charge in [-0.1, -0.05) is 35.0 Å². The number of hydrogen-bond acceptors (Lipinski definition) is 2. The second-order valence-electron chi connectivity index (χ2n) is 5.79. The zero-order valence-corrected chi connectivity index (χ0v) is 12.3. The van der Waals surface area contributed by atoms with Crippen LogP contribution in [-0.2, 0) is 10.3 Å². The highest BCUT2D eigenvalue weighted by molar-refractivity contribution is 9.10. The molecule has 1 aromatic carbocycles. The summed E-state index contributed by atoms with van der Waals surface area (Å²) < 4.78 is 6.40. The first-order valence-electron chi connectivity index (χ1n) is 6.00. The van der Waals surface area contributed by atoms with Gasteiger partial charge in [0.15, 0.2) is 0 Å². The Balaban J connectivity index is 2.00. The van der Waals surface area contributed by atoms with Gasteiger partial charge < -0.3 is 10.1 Å². The third kappa shape index (κ3) is 3.09. The fraction of sp³-hybridized carbons (Fsp3) is 0.571. The molecule has 0 unspecified atom stereocenters. The Morgan fingerprint density at radius 2 is 1.88 bits per heavy atom. The van der Waals surface area contributed by atoms with Gasteiger partial charge in [0.05, 0.1) is 13.2 Å². The molecule has 0 amide bonds. The van der Waals surface area contributed by atoms with Gasteiger partial charge in [0.1, 0.15) is 0 Å². The zero-order chi connectivity index (χ0) is 12.5. The molecule has 1 aliphatic rings. The molecule has 1 saturated heterocycles. The van der Waals surface area contributed by atoms with E-state index in [4.69, 9.17) is 4.74 Å². The molecule has 0 atom stereocenters. The summed E-state index contributed by atoms with van der Waals surface area (Å²) in [6.07, 6.45) is 0. The summed E-state index contributed by atoms with van der Waals surface area (Å²) in [5, 5.41) is 3.64. The maximum absolute atomic E-state index is 5.28. The van der Waals surface area contributed by atoms with Crippen LogP contribution in [0.25, 0.3) is 0 Å². The molecule has 2 nitrogen and oxygen atoms in total. The molecule has 17 heavy (non-hydrogen) atoms. The third-order valence-electron chi connectivity index (χ3n) is 3.42. The van der Waals surface area contributed by atoms with Crippen LogP contribution >= 0.6 is 15.9 Å². The van der Waals surface area contributed by atoms with E-state index in [-0.39, 0.29) is 5.54 Å². The number of hydrogen-bond donors (Lipinski definition) is 1. The zero-order valence-electron chi connectivity index (χ0n) is 10.7. The molecule has 1 heterocycles. The van der Waals surface area contributed by atoms with Gasteiger partial charge >= 0.3 is 0 Å². The van der Waals surface area contributed by atoms with Gasteiger partial charge in [-0.3, -0.25) is 0 Å². The topological polar surface area (TPSA) is 21.3 Å². The molecule has 0 spiro atoms. The van der Waals surface area contributed by atoms with E-state index in [1.807, 2.05) is 0 Å². The Kier molecular flexibility index (Phi) is 3.62. The van der Waals surface area contributed by atoms with Gasteiger partial charge in [0.2, 0.25) is 0 Å². The average Bonchev–Trinajstić information content (AvgIpc) is 2.24. The van der Waals surface area contributed by atoms with E-state index in [1.54, 1.807) is 0 Å². The van der Waals surface area contributed by atoms with Crippen molar-refractivity contribution in [3.63, 3.8) is 0 Å². The van der Waals surface area contributed by atoms with Crippen LogP contribution < -0.4 is 5.32 Å². The highest BCUT2D eigenvalue weighted by Crippen LogP contribution is 2.28. The lowest BCUT2D eigenvalue weighted by Crippen LogP contribution is -2.51. The molecule has 94 valence electrons. The molecule has 0 aromatic heterocycles. The lowest BCUT2D eigenvalue weighted by molar-refractivity contribution is -0.101. The van der Waals surface area contributed by atoms with Crippen molar-refractivity contribution in [1.29, 1.82) is 0 Å². The van der Waals surface area contributed by atoms with Gasteiger partial charge in [0, 0.05) is 22.0 Å². The number of nitrogens with one attached hydrogen (secondary N) is 1. The molecule has 1 aliphatic heterocycles. The smallest absolute Gasteiger partial charge is 0.0554 e. The molecule has 1 fully saturated rings. The van der Waals surface area contributed by atoms with Crippen LogP contribution in [0, 0.1) is 5.41 Å². The van der Waals surface area contributed by atoms with Crippen LogP contribution in [0.5, 0.6) is 0 Å². The predicted molar refractivity (Wildman–Crippen MR) is 74.1 cm³/mol. The minimum atomic E-state index is -0.000694. The highest BCUT2D eigenvalue weighted by atomic mass is 79.9. The molecular weight excluding hydrogens is 278 g/mol. The minimum absolute atomic E-state index is 0.000694.